The zero-order chi connectivity index (χ0) is 18.8. The highest BCUT2D eigenvalue weighted by Gasteiger charge is 2.14. The number of carbonyl (C=O) groups excluding carboxylic acids is 1. The van der Waals surface area contributed by atoms with Crippen LogP contribution in [0.4, 0.5) is 5.69 Å². The summed E-state index contributed by atoms with van der Waals surface area (Å²) in [5, 5.41) is 4.43. The number of hydrogen-bond acceptors (Lipinski definition) is 2. The quantitative estimate of drug-likeness (QED) is 0.394. The molecule has 5 heteroatoms. The van der Waals surface area contributed by atoms with Gasteiger partial charge >= 0.3 is 0 Å². The van der Waals surface area contributed by atoms with Crippen LogP contribution in [-0.2, 0) is 0 Å². The van der Waals surface area contributed by atoms with Crippen LogP contribution in [0.15, 0.2) is 83.3 Å². The Balaban J connectivity index is 1.79. The van der Waals surface area contributed by atoms with Gasteiger partial charge in [-0.2, -0.15) is 0 Å². The summed E-state index contributed by atoms with van der Waals surface area (Å²) < 4.78 is 0.958. The number of para-hydroxylation sites is 1. The molecule has 0 aliphatic carbocycles. The fraction of sp³-hybridized carbons (Fsp3) is 0. The van der Waals surface area contributed by atoms with E-state index in [4.69, 9.17) is 16.6 Å². The molecule has 4 rings (SSSR count). The summed E-state index contributed by atoms with van der Waals surface area (Å²) in [6, 6.07) is 24.4. The van der Waals surface area contributed by atoms with Crippen LogP contribution in [0.25, 0.3) is 22.2 Å². The van der Waals surface area contributed by atoms with E-state index in [1.807, 2.05) is 78.9 Å². The van der Waals surface area contributed by atoms with Gasteiger partial charge in [0.25, 0.3) is 5.91 Å². The fourth-order valence-electron chi connectivity index (χ4n) is 2.86. The van der Waals surface area contributed by atoms with Gasteiger partial charge in [-0.1, -0.05) is 57.9 Å². The van der Waals surface area contributed by atoms with E-state index >= 15 is 0 Å². The number of pyridine rings is 1. The van der Waals surface area contributed by atoms with Crippen molar-refractivity contribution in [2.45, 2.75) is 0 Å². The van der Waals surface area contributed by atoms with Crippen LogP contribution in [0.5, 0.6) is 0 Å². The number of anilines is 1. The van der Waals surface area contributed by atoms with E-state index in [0.717, 1.165) is 32.3 Å². The van der Waals surface area contributed by atoms with Crippen molar-refractivity contribution >= 4 is 50.0 Å². The normalized spacial score (nSPS) is 10.7. The number of halogens is 2. The molecular formula is C22H14BrClN2O. The molecule has 0 unspecified atom stereocenters. The van der Waals surface area contributed by atoms with Crippen molar-refractivity contribution in [1.29, 1.82) is 0 Å². The lowest BCUT2D eigenvalue weighted by molar-refractivity contribution is 0.102. The van der Waals surface area contributed by atoms with Crippen molar-refractivity contribution in [2.24, 2.45) is 0 Å². The van der Waals surface area contributed by atoms with E-state index in [9.17, 15) is 4.79 Å². The molecule has 0 saturated carbocycles. The average Bonchev–Trinajstić information content (AvgIpc) is 2.69. The minimum atomic E-state index is -0.175. The highest BCUT2D eigenvalue weighted by atomic mass is 79.9. The van der Waals surface area contributed by atoms with E-state index in [1.54, 1.807) is 0 Å². The van der Waals surface area contributed by atoms with Crippen molar-refractivity contribution in [3.8, 4) is 11.3 Å². The molecule has 1 N–H and O–H groups in total. The number of rotatable bonds is 3. The zero-order valence-electron chi connectivity index (χ0n) is 14.1. The molecule has 1 amide bonds. The SMILES string of the molecule is O=C(Nc1ccc(Br)cc1)c1cc(-c2ccc(Cl)cc2)nc2ccccc12. The molecule has 3 nitrogen and oxygen atoms in total. The standard InChI is InChI=1S/C22H14BrClN2O/c23-15-7-11-17(12-8-15)25-22(27)19-13-21(14-5-9-16(24)10-6-14)26-20-4-2-1-3-18(19)20/h1-13H,(H,25,27). The van der Waals surface area contributed by atoms with Crippen molar-refractivity contribution in [3.05, 3.63) is 93.9 Å². The van der Waals surface area contributed by atoms with Crippen LogP contribution >= 0.6 is 27.5 Å². The Kier molecular flexibility index (Phi) is 4.92. The van der Waals surface area contributed by atoms with Crippen molar-refractivity contribution in [2.75, 3.05) is 5.32 Å². The molecule has 1 aromatic heterocycles. The van der Waals surface area contributed by atoms with Crippen LogP contribution in [-0.4, -0.2) is 10.9 Å². The number of benzene rings is 3. The van der Waals surface area contributed by atoms with E-state index < -0.39 is 0 Å². The minimum Gasteiger partial charge on any atom is -0.322 e. The molecular weight excluding hydrogens is 424 g/mol. The second-order valence-electron chi connectivity index (χ2n) is 6.04. The highest BCUT2D eigenvalue weighted by molar-refractivity contribution is 9.10. The zero-order valence-corrected chi connectivity index (χ0v) is 16.5. The maximum atomic E-state index is 13.0. The summed E-state index contributed by atoms with van der Waals surface area (Å²) in [5.41, 5.74) is 3.71. The highest BCUT2D eigenvalue weighted by Crippen LogP contribution is 2.26. The second kappa shape index (κ2) is 7.51. The molecule has 0 aliphatic heterocycles. The lowest BCUT2D eigenvalue weighted by Gasteiger charge is -2.11. The van der Waals surface area contributed by atoms with Crippen LogP contribution < -0.4 is 5.32 Å². The molecule has 0 fully saturated rings. The molecule has 1 heterocycles. The molecule has 0 aliphatic rings. The summed E-state index contributed by atoms with van der Waals surface area (Å²) >= 11 is 9.39. The summed E-state index contributed by atoms with van der Waals surface area (Å²) in [7, 11) is 0. The third-order valence-corrected chi connectivity index (χ3v) is 4.98. The Morgan fingerprint density at radius 1 is 0.926 bits per heavy atom. The molecule has 0 radical (unpaired) electrons. The van der Waals surface area contributed by atoms with Gasteiger partial charge in [0.15, 0.2) is 0 Å². The molecule has 4 aromatic rings. The van der Waals surface area contributed by atoms with Crippen molar-refractivity contribution in [1.82, 2.24) is 4.98 Å². The Morgan fingerprint density at radius 3 is 2.37 bits per heavy atom. The van der Waals surface area contributed by atoms with Gasteiger partial charge in [-0.15, -0.1) is 0 Å². The Hall–Kier alpha value is -2.69. The van der Waals surface area contributed by atoms with E-state index in [0.29, 0.717) is 10.6 Å². The summed E-state index contributed by atoms with van der Waals surface area (Å²) in [5.74, 6) is -0.175. The van der Waals surface area contributed by atoms with E-state index in [2.05, 4.69) is 21.2 Å². The average molecular weight is 438 g/mol. The summed E-state index contributed by atoms with van der Waals surface area (Å²) in [6.07, 6.45) is 0. The number of nitrogens with one attached hydrogen (secondary N) is 1. The summed E-state index contributed by atoms with van der Waals surface area (Å²) in [4.78, 5) is 17.7. The minimum absolute atomic E-state index is 0.175. The Labute approximate surface area is 170 Å². The number of carbonyl (C=O) groups is 1. The second-order valence-corrected chi connectivity index (χ2v) is 7.39. The van der Waals surface area contributed by atoms with Gasteiger partial charge in [0.05, 0.1) is 16.8 Å². The first-order valence-electron chi connectivity index (χ1n) is 8.33. The van der Waals surface area contributed by atoms with Crippen LogP contribution in [0, 0.1) is 0 Å². The number of hydrogen-bond donors (Lipinski definition) is 1. The third kappa shape index (κ3) is 3.87. The molecule has 0 spiro atoms. The smallest absolute Gasteiger partial charge is 0.256 e. The third-order valence-electron chi connectivity index (χ3n) is 4.20. The van der Waals surface area contributed by atoms with Gasteiger partial charge in [-0.3, -0.25) is 4.79 Å². The van der Waals surface area contributed by atoms with E-state index in [-0.39, 0.29) is 5.91 Å². The number of nitrogens with zero attached hydrogens (tertiary/aromatic N) is 1. The first-order valence-corrected chi connectivity index (χ1v) is 9.50. The maximum Gasteiger partial charge on any atom is 0.256 e. The van der Waals surface area contributed by atoms with Gasteiger partial charge in [0, 0.05) is 26.1 Å². The first kappa shape index (κ1) is 17.7. The van der Waals surface area contributed by atoms with Crippen molar-refractivity contribution < 1.29 is 4.79 Å². The number of amides is 1. The molecule has 0 bridgehead atoms. The Bertz CT molecular complexity index is 1130. The number of fused-ring (bicyclic) bond motifs is 1. The van der Waals surface area contributed by atoms with Gasteiger partial charge in [0.1, 0.15) is 0 Å². The molecule has 0 atom stereocenters. The summed E-state index contributed by atoms with van der Waals surface area (Å²) in [6.45, 7) is 0. The molecule has 3 aromatic carbocycles. The van der Waals surface area contributed by atoms with E-state index in [1.165, 1.54) is 0 Å². The Morgan fingerprint density at radius 2 is 1.63 bits per heavy atom. The van der Waals surface area contributed by atoms with Crippen LogP contribution in [0.2, 0.25) is 5.02 Å². The van der Waals surface area contributed by atoms with Crippen LogP contribution in [0.3, 0.4) is 0 Å². The van der Waals surface area contributed by atoms with Gasteiger partial charge < -0.3 is 5.32 Å². The lowest BCUT2D eigenvalue weighted by Crippen LogP contribution is -2.13. The maximum absolute atomic E-state index is 13.0. The molecule has 132 valence electrons. The fourth-order valence-corrected chi connectivity index (χ4v) is 3.25. The van der Waals surface area contributed by atoms with Crippen LogP contribution in [0.1, 0.15) is 10.4 Å². The van der Waals surface area contributed by atoms with Gasteiger partial charge in [-0.05, 0) is 48.5 Å². The molecule has 27 heavy (non-hydrogen) atoms. The van der Waals surface area contributed by atoms with Gasteiger partial charge in [0.2, 0.25) is 0 Å². The largest absolute Gasteiger partial charge is 0.322 e. The predicted octanol–water partition coefficient (Wildman–Crippen LogP) is 6.57. The monoisotopic (exact) mass is 436 g/mol. The van der Waals surface area contributed by atoms with Gasteiger partial charge in [-0.25, -0.2) is 4.98 Å². The van der Waals surface area contributed by atoms with Crippen molar-refractivity contribution in [3.63, 3.8) is 0 Å². The first-order chi connectivity index (χ1) is 13.1. The lowest BCUT2D eigenvalue weighted by atomic mass is 10.0. The topological polar surface area (TPSA) is 42.0 Å². The molecule has 0 saturated heterocycles. The predicted molar refractivity (Wildman–Crippen MR) is 114 cm³/mol. The number of aromatic nitrogens is 1.